The molecule has 0 heterocycles. The van der Waals surface area contributed by atoms with Gasteiger partial charge in [-0.2, -0.15) is 0 Å². The van der Waals surface area contributed by atoms with Crippen molar-refractivity contribution in [3.05, 3.63) is 18.2 Å². The maximum atomic E-state index is 10.6. The zero-order valence-corrected chi connectivity index (χ0v) is 13.7. The third kappa shape index (κ3) is 4.63. The lowest BCUT2D eigenvalue weighted by Gasteiger charge is -2.36. The number of methoxy groups -OCH3 is 1. The zero-order chi connectivity index (χ0) is 16.0. The van der Waals surface area contributed by atoms with Crippen LogP contribution in [0.2, 0.25) is 0 Å². The van der Waals surface area contributed by atoms with E-state index in [2.05, 4.69) is 37.9 Å². The fourth-order valence-electron chi connectivity index (χ4n) is 2.61. The number of hydrogen-bond acceptors (Lipinski definition) is 4. The van der Waals surface area contributed by atoms with E-state index in [9.17, 15) is 4.79 Å². The molecular weight excluding hydrogens is 268 g/mol. The van der Waals surface area contributed by atoms with Crippen molar-refractivity contribution in [2.24, 2.45) is 0 Å². The van der Waals surface area contributed by atoms with Gasteiger partial charge in [-0.1, -0.05) is 0 Å². The quantitative estimate of drug-likeness (QED) is 0.591. The van der Waals surface area contributed by atoms with Crippen LogP contribution in [0.15, 0.2) is 18.2 Å². The van der Waals surface area contributed by atoms with E-state index in [0.29, 0.717) is 35.7 Å². The Hall–Kier alpha value is -1.75. The lowest BCUT2D eigenvalue weighted by atomic mass is 10.2. The third-order valence-corrected chi connectivity index (χ3v) is 3.30. The summed E-state index contributed by atoms with van der Waals surface area (Å²) in [5.74, 6) is 1.26. The van der Waals surface area contributed by atoms with Gasteiger partial charge in [-0.25, -0.2) is 0 Å². The van der Waals surface area contributed by atoms with Crippen molar-refractivity contribution in [1.82, 2.24) is 4.90 Å². The van der Waals surface area contributed by atoms with Gasteiger partial charge in [-0.3, -0.25) is 9.69 Å². The predicted octanol–water partition coefficient (Wildman–Crippen LogP) is 3.11. The standard InChI is InChI=1S/C16H26N2O3/c1-11(2)18(12(3)4)13(5)21-16-9-14(17-10-19)7-8-15(16)20-6/h7-13H,1-6H3,(H,17,19). The van der Waals surface area contributed by atoms with E-state index in [-0.39, 0.29) is 6.23 Å². The second-order valence-electron chi connectivity index (χ2n) is 5.48. The average Bonchev–Trinajstić information content (AvgIpc) is 2.38. The van der Waals surface area contributed by atoms with Gasteiger partial charge >= 0.3 is 0 Å². The van der Waals surface area contributed by atoms with Gasteiger partial charge in [0.15, 0.2) is 11.5 Å². The van der Waals surface area contributed by atoms with Gasteiger partial charge in [0.25, 0.3) is 0 Å². The molecule has 5 heteroatoms. The van der Waals surface area contributed by atoms with Crippen LogP contribution in [0.5, 0.6) is 11.5 Å². The van der Waals surface area contributed by atoms with Crippen molar-refractivity contribution in [1.29, 1.82) is 0 Å². The minimum atomic E-state index is -0.106. The van der Waals surface area contributed by atoms with E-state index in [1.165, 1.54) is 0 Å². The van der Waals surface area contributed by atoms with Crippen LogP contribution in [-0.2, 0) is 4.79 Å². The Balaban J connectivity index is 2.98. The Labute approximate surface area is 127 Å². The van der Waals surface area contributed by atoms with Crippen LogP contribution in [0.25, 0.3) is 0 Å². The van der Waals surface area contributed by atoms with Crippen LogP contribution in [-0.4, -0.2) is 36.7 Å². The first-order valence-corrected chi connectivity index (χ1v) is 7.23. The van der Waals surface area contributed by atoms with Gasteiger partial charge in [0.05, 0.1) is 7.11 Å². The highest BCUT2D eigenvalue weighted by Gasteiger charge is 2.22. The van der Waals surface area contributed by atoms with E-state index in [1.54, 1.807) is 25.3 Å². The van der Waals surface area contributed by atoms with Crippen LogP contribution >= 0.6 is 0 Å². The number of amides is 1. The molecular formula is C16H26N2O3. The lowest BCUT2D eigenvalue weighted by Crippen LogP contribution is -2.46. The van der Waals surface area contributed by atoms with Crippen LogP contribution in [0.4, 0.5) is 5.69 Å². The van der Waals surface area contributed by atoms with Crippen LogP contribution in [0.3, 0.4) is 0 Å². The molecule has 0 fully saturated rings. The molecule has 0 bridgehead atoms. The summed E-state index contributed by atoms with van der Waals surface area (Å²) < 4.78 is 11.4. The van der Waals surface area contributed by atoms with Gasteiger partial charge in [-0.05, 0) is 46.8 Å². The first-order valence-electron chi connectivity index (χ1n) is 7.23. The molecule has 21 heavy (non-hydrogen) atoms. The molecule has 0 aromatic heterocycles. The minimum absolute atomic E-state index is 0.106. The Bertz CT molecular complexity index is 453. The van der Waals surface area contributed by atoms with E-state index in [4.69, 9.17) is 9.47 Å². The zero-order valence-electron chi connectivity index (χ0n) is 13.7. The Kier molecular flexibility index (Phi) is 6.49. The van der Waals surface area contributed by atoms with E-state index < -0.39 is 0 Å². The summed E-state index contributed by atoms with van der Waals surface area (Å²) in [5.41, 5.74) is 0.675. The number of anilines is 1. The number of carbonyl (C=O) groups is 1. The number of hydrogen-bond donors (Lipinski definition) is 1. The smallest absolute Gasteiger partial charge is 0.211 e. The van der Waals surface area contributed by atoms with E-state index in [1.807, 2.05) is 6.92 Å². The lowest BCUT2D eigenvalue weighted by molar-refractivity contribution is -0.105. The molecule has 1 rings (SSSR count). The van der Waals surface area contributed by atoms with Crippen LogP contribution in [0.1, 0.15) is 34.6 Å². The van der Waals surface area contributed by atoms with Crippen LogP contribution in [0, 0.1) is 0 Å². The molecule has 1 aromatic carbocycles. The molecule has 118 valence electrons. The molecule has 0 aliphatic heterocycles. The maximum absolute atomic E-state index is 10.6. The second-order valence-corrected chi connectivity index (χ2v) is 5.48. The van der Waals surface area contributed by atoms with Crippen molar-refractivity contribution in [2.45, 2.75) is 52.9 Å². The number of carbonyl (C=O) groups excluding carboxylic acids is 1. The van der Waals surface area contributed by atoms with E-state index >= 15 is 0 Å². The molecule has 1 amide bonds. The maximum Gasteiger partial charge on any atom is 0.211 e. The number of benzene rings is 1. The summed E-state index contributed by atoms with van der Waals surface area (Å²) in [4.78, 5) is 12.8. The highest BCUT2D eigenvalue weighted by atomic mass is 16.5. The SMILES string of the molecule is COc1ccc(NC=O)cc1OC(C)N(C(C)C)C(C)C. The molecule has 1 unspecified atom stereocenters. The first kappa shape index (κ1) is 17.3. The van der Waals surface area contributed by atoms with Crippen molar-refractivity contribution in [3.8, 4) is 11.5 Å². The molecule has 0 radical (unpaired) electrons. The molecule has 0 saturated heterocycles. The number of ether oxygens (including phenoxy) is 2. The second kappa shape index (κ2) is 7.88. The summed E-state index contributed by atoms with van der Waals surface area (Å²) in [5, 5.41) is 2.62. The van der Waals surface area contributed by atoms with Gasteiger partial charge in [-0.15, -0.1) is 0 Å². The molecule has 1 N–H and O–H groups in total. The summed E-state index contributed by atoms with van der Waals surface area (Å²) in [6, 6.07) is 6.04. The van der Waals surface area contributed by atoms with Gasteiger partial charge < -0.3 is 14.8 Å². The monoisotopic (exact) mass is 294 g/mol. The minimum Gasteiger partial charge on any atom is -0.493 e. The predicted molar refractivity (Wildman–Crippen MR) is 84.9 cm³/mol. The van der Waals surface area contributed by atoms with Crippen molar-refractivity contribution >= 4 is 12.1 Å². The molecule has 1 aromatic rings. The van der Waals surface area contributed by atoms with E-state index in [0.717, 1.165) is 0 Å². The molecule has 0 saturated carbocycles. The first-order chi connectivity index (χ1) is 9.90. The molecule has 5 nitrogen and oxygen atoms in total. The van der Waals surface area contributed by atoms with Crippen molar-refractivity contribution < 1.29 is 14.3 Å². The van der Waals surface area contributed by atoms with Gasteiger partial charge in [0, 0.05) is 23.8 Å². The molecule has 0 spiro atoms. The largest absolute Gasteiger partial charge is 0.493 e. The fraction of sp³-hybridized carbons (Fsp3) is 0.562. The average molecular weight is 294 g/mol. The summed E-state index contributed by atoms with van der Waals surface area (Å²) >= 11 is 0. The molecule has 1 atom stereocenters. The Morgan fingerprint density at radius 3 is 2.19 bits per heavy atom. The highest BCUT2D eigenvalue weighted by Crippen LogP contribution is 2.31. The Morgan fingerprint density at radius 2 is 1.71 bits per heavy atom. The summed E-state index contributed by atoms with van der Waals surface area (Å²) in [6.45, 7) is 10.6. The highest BCUT2D eigenvalue weighted by molar-refractivity contribution is 5.72. The third-order valence-electron chi connectivity index (χ3n) is 3.30. The summed E-state index contributed by atoms with van der Waals surface area (Å²) in [7, 11) is 1.60. The fourth-order valence-corrected chi connectivity index (χ4v) is 2.61. The number of rotatable bonds is 8. The molecule has 0 aliphatic rings. The Morgan fingerprint density at radius 1 is 1.10 bits per heavy atom. The van der Waals surface area contributed by atoms with Gasteiger partial charge in [0.2, 0.25) is 6.41 Å². The number of nitrogens with zero attached hydrogens (tertiary/aromatic N) is 1. The number of nitrogens with one attached hydrogen (secondary N) is 1. The topological polar surface area (TPSA) is 50.8 Å². The molecule has 0 aliphatic carbocycles. The normalized spacial score (nSPS) is 12.6. The van der Waals surface area contributed by atoms with Crippen LogP contribution < -0.4 is 14.8 Å². The summed E-state index contributed by atoms with van der Waals surface area (Å²) in [6.07, 6.45) is 0.536. The van der Waals surface area contributed by atoms with Crippen molar-refractivity contribution in [3.63, 3.8) is 0 Å². The van der Waals surface area contributed by atoms with Crippen molar-refractivity contribution in [2.75, 3.05) is 12.4 Å². The van der Waals surface area contributed by atoms with Gasteiger partial charge in [0.1, 0.15) is 6.23 Å².